The number of piperidine rings is 1. The summed E-state index contributed by atoms with van der Waals surface area (Å²) in [6.07, 6.45) is 3.28. The van der Waals surface area contributed by atoms with Crippen LogP contribution in [0.5, 0.6) is 0 Å². The second kappa shape index (κ2) is 7.18. The number of nitro groups is 1. The molecule has 0 bridgehead atoms. The molecule has 2 aromatic rings. The number of benzene rings is 1. The summed E-state index contributed by atoms with van der Waals surface area (Å²) in [7, 11) is 0. The molecule has 1 saturated heterocycles. The van der Waals surface area contributed by atoms with Crippen molar-refractivity contribution in [3.05, 3.63) is 50.0 Å². The molecule has 1 aliphatic rings. The molecule has 132 valence electrons. The second-order valence-electron chi connectivity index (χ2n) is 5.97. The highest BCUT2D eigenvalue weighted by Gasteiger charge is 2.21. The zero-order valence-corrected chi connectivity index (χ0v) is 14.6. The first-order chi connectivity index (χ1) is 12.0. The van der Waals surface area contributed by atoms with E-state index < -0.39 is 16.6 Å². The number of hydrogen-bond acceptors (Lipinski definition) is 5. The van der Waals surface area contributed by atoms with Gasteiger partial charge in [-0.1, -0.05) is 0 Å². The maximum Gasteiger partial charge on any atom is 0.283 e. The number of halogens is 1. The molecule has 1 fully saturated rings. The summed E-state index contributed by atoms with van der Waals surface area (Å²) in [4.78, 5) is 25.7. The van der Waals surface area contributed by atoms with Crippen LogP contribution in [-0.2, 0) is 0 Å². The first-order valence-corrected chi connectivity index (χ1v) is 8.88. The van der Waals surface area contributed by atoms with Crippen LogP contribution < -0.4 is 10.2 Å². The Balaban J connectivity index is 1.86. The Hall–Kier alpha value is -2.48. The zero-order valence-electron chi connectivity index (χ0n) is 13.8. The molecule has 1 aliphatic heterocycles. The molecular formula is C17H18FN3O3S. The maximum absolute atomic E-state index is 13.7. The number of amides is 1. The van der Waals surface area contributed by atoms with E-state index in [4.69, 9.17) is 0 Å². The SMILES string of the molecule is Cc1sc(C(=O)Nc2cc(F)ccc2N2CCCCC2)cc1[N+](=O)[O-]. The first-order valence-electron chi connectivity index (χ1n) is 8.06. The molecule has 0 spiro atoms. The van der Waals surface area contributed by atoms with Crippen molar-refractivity contribution in [2.45, 2.75) is 26.2 Å². The molecule has 0 aliphatic carbocycles. The summed E-state index contributed by atoms with van der Waals surface area (Å²) in [5.74, 6) is -0.908. The average Bonchev–Trinajstić information content (AvgIpc) is 2.98. The van der Waals surface area contributed by atoms with Crippen LogP contribution in [0.2, 0.25) is 0 Å². The van der Waals surface area contributed by atoms with Crippen molar-refractivity contribution >= 4 is 34.3 Å². The van der Waals surface area contributed by atoms with Gasteiger partial charge in [0.1, 0.15) is 5.82 Å². The summed E-state index contributed by atoms with van der Waals surface area (Å²) in [6.45, 7) is 3.32. The molecule has 0 saturated carbocycles. The second-order valence-corrected chi connectivity index (χ2v) is 7.23. The van der Waals surface area contributed by atoms with Gasteiger partial charge in [0.25, 0.3) is 11.6 Å². The van der Waals surface area contributed by atoms with E-state index >= 15 is 0 Å². The molecule has 1 aromatic heterocycles. The van der Waals surface area contributed by atoms with Gasteiger partial charge in [-0.25, -0.2) is 4.39 Å². The van der Waals surface area contributed by atoms with E-state index in [0.717, 1.165) is 49.4 Å². The lowest BCUT2D eigenvalue weighted by atomic mass is 10.1. The van der Waals surface area contributed by atoms with E-state index in [1.54, 1.807) is 13.0 Å². The number of hydrogen-bond donors (Lipinski definition) is 1. The third-order valence-electron chi connectivity index (χ3n) is 4.22. The van der Waals surface area contributed by atoms with E-state index in [1.165, 1.54) is 18.2 Å². The van der Waals surface area contributed by atoms with Crippen LogP contribution in [-0.4, -0.2) is 23.9 Å². The van der Waals surface area contributed by atoms with Gasteiger partial charge in [-0.05, 0) is 44.4 Å². The Morgan fingerprint density at radius 1 is 1.28 bits per heavy atom. The van der Waals surface area contributed by atoms with Gasteiger partial charge < -0.3 is 10.2 Å². The highest BCUT2D eigenvalue weighted by Crippen LogP contribution is 2.32. The molecular weight excluding hydrogens is 345 g/mol. The minimum Gasteiger partial charge on any atom is -0.370 e. The molecule has 2 heterocycles. The van der Waals surface area contributed by atoms with Crippen molar-refractivity contribution in [1.29, 1.82) is 0 Å². The predicted molar refractivity (Wildman–Crippen MR) is 96.1 cm³/mol. The monoisotopic (exact) mass is 363 g/mol. The number of aryl methyl sites for hydroxylation is 1. The predicted octanol–water partition coefficient (Wildman–Crippen LogP) is 4.35. The molecule has 6 nitrogen and oxygen atoms in total. The molecule has 1 amide bonds. The van der Waals surface area contributed by atoms with Gasteiger partial charge in [0, 0.05) is 19.2 Å². The van der Waals surface area contributed by atoms with E-state index in [9.17, 15) is 19.3 Å². The summed E-state index contributed by atoms with van der Waals surface area (Å²) in [5.41, 5.74) is 1.09. The van der Waals surface area contributed by atoms with Crippen LogP contribution in [0.3, 0.4) is 0 Å². The fourth-order valence-electron chi connectivity index (χ4n) is 2.97. The molecule has 0 atom stereocenters. The minimum atomic E-state index is -0.510. The van der Waals surface area contributed by atoms with Crippen molar-refractivity contribution in [3.63, 3.8) is 0 Å². The molecule has 25 heavy (non-hydrogen) atoms. The molecule has 0 radical (unpaired) electrons. The number of nitrogens with zero attached hydrogens (tertiary/aromatic N) is 2. The topological polar surface area (TPSA) is 75.5 Å². The average molecular weight is 363 g/mol. The fraction of sp³-hybridized carbons (Fsp3) is 0.353. The summed E-state index contributed by atoms with van der Waals surface area (Å²) < 4.78 is 13.7. The highest BCUT2D eigenvalue weighted by molar-refractivity contribution is 7.14. The first kappa shape index (κ1) is 17.3. The van der Waals surface area contributed by atoms with Crippen LogP contribution in [0.1, 0.15) is 33.8 Å². The van der Waals surface area contributed by atoms with Crippen molar-refractivity contribution in [1.82, 2.24) is 0 Å². The summed E-state index contributed by atoms with van der Waals surface area (Å²) in [6, 6.07) is 5.59. The number of nitrogens with one attached hydrogen (secondary N) is 1. The van der Waals surface area contributed by atoms with Crippen molar-refractivity contribution in [2.75, 3.05) is 23.3 Å². The van der Waals surface area contributed by atoms with Crippen LogP contribution >= 0.6 is 11.3 Å². The Morgan fingerprint density at radius 2 is 2.00 bits per heavy atom. The van der Waals surface area contributed by atoms with Crippen LogP contribution in [0.4, 0.5) is 21.5 Å². The van der Waals surface area contributed by atoms with Gasteiger partial charge in [-0.3, -0.25) is 14.9 Å². The van der Waals surface area contributed by atoms with E-state index in [2.05, 4.69) is 10.2 Å². The van der Waals surface area contributed by atoms with Gasteiger partial charge in [0.2, 0.25) is 0 Å². The van der Waals surface area contributed by atoms with Crippen LogP contribution in [0.25, 0.3) is 0 Å². The Bertz CT molecular complexity index is 815. The van der Waals surface area contributed by atoms with Gasteiger partial charge >= 0.3 is 0 Å². The summed E-state index contributed by atoms with van der Waals surface area (Å²) >= 11 is 1.05. The Morgan fingerprint density at radius 3 is 2.64 bits per heavy atom. The maximum atomic E-state index is 13.7. The third-order valence-corrected chi connectivity index (χ3v) is 5.25. The van der Waals surface area contributed by atoms with Crippen molar-refractivity contribution in [3.8, 4) is 0 Å². The number of thiophene rings is 1. The van der Waals surface area contributed by atoms with Gasteiger partial charge in [0.05, 0.1) is 26.1 Å². The van der Waals surface area contributed by atoms with Crippen LogP contribution in [0.15, 0.2) is 24.3 Å². The number of anilines is 2. The number of carbonyl (C=O) groups is 1. The minimum absolute atomic E-state index is 0.0781. The number of rotatable bonds is 4. The molecule has 0 unspecified atom stereocenters. The largest absolute Gasteiger partial charge is 0.370 e. The molecule has 8 heteroatoms. The molecule has 3 rings (SSSR count). The van der Waals surface area contributed by atoms with Gasteiger partial charge in [-0.2, -0.15) is 0 Å². The van der Waals surface area contributed by atoms with Gasteiger partial charge in [0.15, 0.2) is 0 Å². The fourth-order valence-corrected chi connectivity index (χ4v) is 3.85. The normalized spacial score (nSPS) is 14.4. The standard InChI is InChI=1S/C17H18FN3O3S/c1-11-15(21(23)24)10-16(25-11)17(22)19-13-9-12(18)5-6-14(13)20-7-3-2-4-8-20/h5-6,9-10H,2-4,7-8H2,1H3,(H,19,22). The van der Waals surface area contributed by atoms with Crippen LogP contribution in [0, 0.1) is 22.9 Å². The van der Waals surface area contributed by atoms with Crippen molar-refractivity contribution in [2.24, 2.45) is 0 Å². The smallest absolute Gasteiger partial charge is 0.283 e. The quantitative estimate of drug-likeness (QED) is 0.647. The van der Waals surface area contributed by atoms with E-state index in [0.29, 0.717) is 10.6 Å². The number of carbonyl (C=O) groups excluding carboxylic acids is 1. The zero-order chi connectivity index (χ0) is 18.0. The van der Waals surface area contributed by atoms with E-state index in [1.807, 2.05) is 0 Å². The third kappa shape index (κ3) is 3.79. The summed E-state index contributed by atoms with van der Waals surface area (Å²) in [5, 5.41) is 13.7. The molecule has 1 N–H and O–H groups in total. The lowest BCUT2D eigenvalue weighted by Crippen LogP contribution is -2.30. The molecule has 1 aromatic carbocycles. The van der Waals surface area contributed by atoms with Gasteiger partial charge in [-0.15, -0.1) is 11.3 Å². The lowest BCUT2D eigenvalue weighted by Gasteiger charge is -2.30. The Labute approximate surface area is 148 Å². The Kier molecular flexibility index (Phi) is 4.98. The highest BCUT2D eigenvalue weighted by atomic mass is 32.1. The lowest BCUT2D eigenvalue weighted by molar-refractivity contribution is -0.385. The van der Waals surface area contributed by atoms with E-state index in [-0.39, 0.29) is 10.6 Å². The van der Waals surface area contributed by atoms with Crippen molar-refractivity contribution < 1.29 is 14.1 Å².